The molecule has 1 rings (SSSR count). The van der Waals surface area contributed by atoms with Crippen molar-refractivity contribution in [2.45, 2.75) is 32.4 Å². The Morgan fingerprint density at radius 3 is 2.79 bits per heavy atom. The van der Waals surface area contributed by atoms with E-state index < -0.39 is 6.10 Å². The smallest absolute Gasteiger partial charge is 0.258 e. The van der Waals surface area contributed by atoms with E-state index in [2.05, 4.69) is 21.2 Å². The molecule has 4 nitrogen and oxygen atoms in total. The number of ether oxygens (including phenoxy) is 1. The van der Waals surface area contributed by atoms with Crippen LogP contribution in [0, 0.1) is 0 Å². The molecule has 0 bridgehead atoms. The highest BCUT2D eigenvalue weighted by atomic mass is 79.9. The van der Waals surface area contributed by atoms with Crippen LogP contribution in [0.2, 0.25) is 5.02 Å². The van der Waals surface area contributed by atoms with Gasteiger partial charge in [0.15, 0.2) is 6.61 Å². The van der Waals surface area contributed by atoms with Gasteiger partial charge in [-0.3, -0.25) is 4.79 Å². The second-order valence-electron chi connectivity index (χ2n) is 4.42. The van der Waals surface area contributed by atoms with Crippen molar-refractivity contribution in [3.8, 4) is 5.75 Å². The number of aliphatic hydroxyl groups is 1. The molecule has 0 aliphatic carbocycles. The summed E-state index contributed by atoms with van der Waals surface area (Å²) in [5.41, 5.74) is 0. The van der Waals surface area contributed by atoms with Crippen molar-refractivity contribution in [3.63, 3.8) is 0 Å². The molecule has 0 saturated heterocycles. The van der Waals surface area contributed by atoms with Gasteiger partial charge in [0.05, 0.1) is 11.1 Å². The molecule has 0 aliphatic rings. The summed E-state index contributed by atoms with van der Waals surface area (Å²) in [6.07, 6.45) is 0.0576. The summed E-state index contributed by atoms with van der Waals surface area (Å²) in [6.45, 7) is 3.41. The van der Waals surface area contributed by atoms with E-state index in [-0.39, 0.29) is 18.6 Å². The summed E-state index contributed by atoms with van der Waals surface area (Å²) in [6, 6.07) is 5.08. The molecule has 0 spiro atoms. The van der Waals surface area contributed by atoms with Gasteiger partial charge in [-0.2, -0.15) is 0 Å². The summed E-state index contributed by atoms with van der Waals surface area (Å²) >= 11 is 9.26. The van der Waals surface area contributed by atoms with E-state index in [1.54, 1.807) is 25.1 Å². The van der Waals surface area contributed by atoms with Crippen molar-refractivity contribution >= 4 is 33.4 Å². The third kappa shape index (κ3) is 6.27. The van der Waals surface area contributed by atoms with Gasteiger partial charge in [-0.25, -0.2) is 0 Å². The number of hydrogen-bond acceptors (Lipinski definition) is 3. The van der Waals surface area contributed by atoms with Crippen molar-refractivity contribution in [1.29, 1.82) is 0 Å². The molecule has 1 amide bonds. The second kappa shape index (κ2) is 7.72. The van der Waals surface area contributed by atoms with Gasteiger partial charge in [-0.15, -0.1) is 0 Å². The molecule has 106 valence electrons. The van der Waals surface area contributed by atoms with E-state index in [4.69, 9.17) is 16.3 Å². The lowest BCUT2D eigenvalue weighted by atomic mass is 10.1. The maximum Gasteiger partial charge on any atom is 0.258 e. The highest BCUT2D eigenvalue weighted by Gasteiger charge is 2.11. The number of rotatable bonds is 6. The fourth-order valence-corrected chi connectivity index (χ4v) is 2.35. The standard InChI is InChI=1S/C13H17BrClNO3/c1-8(5-9(2)17)16-13(18)7-19-12-4-3-10(14)6-11(12)15/h3-4,6,8-9,17H,5,7H2,1-2H3,(H,16,18). The minimum absolute atomic E-state index is 0.100. The van der Waals surface area contributed by atoms with Crippen LogP contribution >= 0.6 is 27.5 Å². The summed E-state index contributed by atoms with van der Waals surface area (Å²) < 4.78 is 6.18. The Hall–Kier alpha value is -0.780. The molecule has 1 aromatic rings. The van der Waals surface area contributed by atoms with Gasteiger partial charge in [-0.05, 0) is 38.5 Å². The molecule has 0 aliphatic heterocycles. The lowest BCUT2D eigenvalue weighted by Crippen LogP contribution is -2.37. The van der Waals surface area contributed by atoms with E-state index in [0.717, 1.165) is 4.47 Å². The van der Waals surface area contributed by atoms with Gasteiger partial charge in [-0.1, -0.05) is 27.5 Å². The van der Waals surface area contributed by atoms with Crippen molar-refractivity contribution in [3.05, 3.63) is 27.7 Å². The van der Waals surface area contributed by atoms with E-state index in [9.17, 15) is 9.90 Å². The lowest BCUT2D eigenvalue weighted by Gasteiger charge is -2.15. The quantitative estimate of drug-likeness (QED) is 0.829. The van der Waals surface area contributed by atoms with Gasteiger partial charge in [0.25, 0.3) is 5.91 Å². The van der Waals surface area contributed by atoms with Crippen LogP contribution in [-0.2, 0) is 4.79 Å². The number of aliphatic hydroxyl groups excluding tert-OH is 1. The SMILES string of the molecule is CC(O)CC(C)NC(=O)COc1ccc(Br)cc1Cl. The minimum Gasteiger partial charge on any atom is -0.482 e. The third-order valence-electron chi connectivity index (χ3n) is 2.35. The zero-order chi connectivity index (χ0) is 14.4. The molecule has 0 aromatic heterocycles. The Bertz CT molecular complexity index is 440. The van der Waals surface area contributed by atoms with Crippen molar-refractivity contribution in [2.75, 3.05) is 6.61 Å². The average Bonchev–Trinajstić information content (AvgIpc) is 2.26. The molecule has 0 heterocycles. The van der Waals surface area contributed by atoms with Crippen LogP contribution < -0.4 is 10.1 Å². The molecule has 2 N–H and O–H groups in total. The first-order valence-corrected chi connectivity index (χ1v) is 7.11. The Labute approximate surface area is 126 Å². The summed E-state index contributed by atoms with van der Waals surface area (Å²) in [5.74, 6) is 0.218. The van der Waals surface area contributed by atoms with E-state index in [1.807, 2.05) is 6.92 Å². The van der Waals surface area contributed by atoms with Crippen LogP contribution in [0.15, 0.2) is 22.7 Å². The topological polar surface area (TPSA) is 58.6 Å². The van der Waals surface area contributed by atoms with Gasteiger partial charge in [0.2, 0.25) is 0 Å². The van der Waals surface area contributed by atoms with Crippen LogP contribution in [0.3, 0.4) is 0 Å². The third-order valence-corrected chi connectivity index (χ3v) is 3.14. The maximum absolute atomic E-state index is 11.6. The lowest BCUT2D eigenvalue weighted by molar-refractivity contribution is -0.123. The molecule has 1 aromatic carbocycles. The summed E-state index contributed by atoms with van der Waals surface area (Å²) in [4.78, 5) is 11.6. The van der Waals surface area contributed by atoms with Crippen LogP contribution in [0.4, 0.5) is 0 Å². The van der Waals surface area contributed by atoms with Gasteiger partial charge in [0, 0.05) is 10.5 Å². The molecule has 0 saturated carbocycles. The molecule has 6 heteroatoms. The van der Waals surface area contributed by atoms with Gasteiger partial charge >= 0.3 is 0 Å². The van der Waals surface area contributed by atoms with Gasteiger partial charge < -0.3 is 15.2 Å². The van der Waals surface area contributed by atoms with Crippen molar-refractivity contribution in [2.24, 2.45) is 0 Å². The fourth-order valence-electron chi connectivity index (χ4n) is 1.62. The highest BCUT2D eigenvalue weighted by Crippen LogP contribution is 2.27. The van der Waals surface area contributed by atoms with E-state index in [0.29, 0.717) is 17.2 Å². The Morgan fingerprint density at radius 2 is 2.21 bits per heavy atom. The number of hydrogen-bond donors (Lipinski definition) is 2. The number of nitrogens with one attached hydrogen (secondary N) is 1. The van der Waals surface area contributed by atoms with E-state index >= 15 is 0 Å². The summed E-state index contributed by atoms with van der Waals surface area (Å²) in [5, 5.41) is 12.4. The van der Waals surface area contributed by atoms with Crippen molar-refractivity contribution in [1.82, 2.24) is 5.32 Å². The number of carbonyl (C=O) groups is 1. The van der Waals surface area contributed by atoms with E-state index in [1.165, 1.54) is 0 Å². The minimum atomic E-state index is -0.447. The summed E-state index contributed by atoms with van der Waals surface area (Å²) in [7, 11) is 0. The van der Waals surface area contributed by atoms with Crippen LogP contribution in [0.25, 0.3) is 0 Å². The van der Waals surface area contributed by atoms with Crippen LogP contribution in [0.1, 0.15) is 20.3 Å². The second-order valence-corrected chi connectivity index (χ2v) is 5.74. The average molecular weight is 351 g/mol. The first kappa shape index (κ1) is 16.3. The molecule has 0 radical (unpaired) electrons. The monoisotopic (exact) mass is 349 g/mol. The molecular formula is C13H17BrClNO3. The van der Waals surface area contributed by atoms with Gasteiger partial charge in [0.1, 0.15) is 5.75 Å². The normalized spacial score (nSPS) is 13.7. The first-order valence-electron chi connectivity index (χ1n) is 5.93. The first-order chi connectivity index (χ1) is 8.88. The highest BCUT2D eigenvalue weighted by molar-refractivity contribution is 9.10. The zero-order valence-electron chi connectivity index (χ0n) is 10.8. The Kier molecular flexibility index (Phi) is 6.62. The predicted molar refractivity (Wildman–Crippen MR) is 78.5 cm³/mol. The molecule has 19 heavy (non-hydrogen) atoms. The number of carbonyl (C=O) groups excluding carboxylic acids is 1. The molecular weight excluding hydrogens is 334 g/mol. The maximum atomic E-state index is 11.6. The predicted octanol–water partition coefficient (Wildman–Crippen LogP) is 2.76. The molecule has 2 unspecified atom stereocenters. The Morgan fingerprint density at radius 1 is 1.53 bits per heavy atom. The van der Waals surface area contributed by atoms with Crippen LogP contribution in [-0.4, -0.2) is 29.8 Å². The number of amides is 1. The molecule has 0 fully saturated rings. The number of benzene rings is 1. The number of halogens is 2. The fraction of sp³-hybridized carbons (Fsp3) is 0.462. The largest absolute Gasteiger partial charge is 0.482 e. The zero-order valence-corrected chi connectivity index (χ0v) is 13.2. The Balaban J connectivity index is 2.41. The van der Waals surface area contributed by atoms with Crippen molar-refractivity contribution < 1.29 is 14.6 Å². The van der Waals surface area contributed by atoms with Crippen LogP contribution in [0.5, 0.6) is 5.75 Å². The molecule has 2 atom stereocenters.